The molecule has 4 nitrogen and oxygen atoms in total. The lowest BCUT2D eigenvalue weighted by atomic mass is 10.2. The van der Waals surface area contributed by atoms with Crippen LogP contribution < -0.4 is 10.5 Å². The molecule has 0 aliphatic carbocycles. The van der Waals surface area contributed by atoms with Crippen molar-refractivity contribution in [2.24, 2.45) is 5.73 Å². The molecule has 1 heterocycles. The van der Waals surface area contributed by atoms with Crippen LogP contribution in [0.4, 0.5) is 0 Å². The number of para-hydroxylation sites is 1. The van der Waals surface area contributed by atoms with Crippen molar-refractivity contribution in [1.29, 1.82) is 0 Å². The predicted molar refractivity (Wildman–Crippen MR) is 87.4 cm³/mol. The van der Waals surface area contributed by atoms with E-state index in [-0.39, 0.29) is 0 Å². The van der Waals surface area contributed by atoms with E-state index in [1.807, 2.05) is 68.4 Å². The molecule has 0 unspecified atom stereocenters. The number of benzene rings is 2. The van der Waals surface area contributed by atoms with Crippen molar-refractivity contribution in [3.05, 3.63) is 71.4 Å². The maximum atomic E-state index is 6.08. The van der Waals surface area contributed by atoms with Crippen LogP contribution >= 0.6 is 0 Å². The Balaban J connectivity index is 2.06. The van der Waals surface area contributed by atoms with Gasteiger partial charge >= 0.3 is 0 Å². The predicted octanol–water partition coefficient (Wildman–Crippen LogP) is 3.74. The van der Waals surface area contributed by atoms with E-state index in [0.717, 1.165) is 22.7 Å². The average molecular weight is 293 g/mol. The highest BCUT2D eigenvalue weighted by atomic mass is 16.5. The average Bonchev–Trinajstić information content (AvgIpc) is 2.86. The molecule has 0 aliphatic heterocycles. The summed E-state index contributed by atoms with van der Waals surface area (Å²) in [4.78, 5) is 0. The van der Waals surface area contributed by atoms with Crippen LogP contribution in [0.1, 0.15) is 16.8 Å². The topological polar surface area (TPSA) is 53.1 Å². The molecule has 3 rings (SSSR count). The molecule has 4 heteroatoms. The fourth-order valence-corrected chi connectivity index (χ4v) is 2.34. The van der Waals surface area contributed by atoms with Gasteiger partial charge in [-0.25, -0.2) is 4.68 Å². The van der Waals surface area contributed by atoms with Gasteiger partial charge in [-0.2, -0.15) is 5.10 Å². The Morgan fingerprint density at radius 3 is 2.32 bits per heavy atom. The zero-order valence-corrected chi connectivity index (χ0v) is 12.8. The van der Waals surface area contributed by atoms with E-state index in [2.05, 4.69) is 5.10 Å². The van der Waals surface area contributed by atoms with Crippen LogP contribution in [0, 0.1) is 13.8 Å². The van der Waals surface area contributed by atoms with E-state index in [1.54, 1.807) is 4.68 Å². The number of rotatable bonds is 4. The van der Waals surface area contributed by atoms with Gasteiger partial charge in [0, 0.05) is 6.54 Å². The Bertz CT molecular complexity index is 761. The maximum Gasteiger partial charge on any atom is 0.227 e. The largest absolute Gasteiger partial charge is 0.439 e. The van der Waals surface area contributed by atoms with Gasteiger partial charge in [0.25, 0.3) is 0 Å². The third-order valence-corrected chi connectivity index (χ3v) is 3.58. The Kier molecular flexibility index (Phi) is 3.94. The zero-order chi connectivity index (χ0) is 15.5. The summed E-state index contributed by atoms with van der Waals surface area (Å²) in [6, 6.07) is 17.9. The van der Waals surface area contributed by atoms with Gasteiger partial charge in [0.15, 0.2) is 0 Å². The van der Waals surface area contributed by atoms with E-state index in [9.17, 15) is 0 Å². The summed E-state index contributed by atoms with van der Waals surface area (Å²) in [5, 5.41) is 4.58. The van der Waals surface area contributed by atoms with Crippen LogP contribution in [-0.2, 0) is 6.54 Å². The minimum absolute atomic E-state index is 0.389. The van der Waals surface area contributed by atoms with Crippen LogP contribution in [-0.4, -0.2) is 9.78 Å². The van der Waals surface area contributed by atoms with E-state index >= 15 is 0 Å². The molecule has 0 bridgehead atoms. The van der Waals surface area contributed by atoms with E-state index in [0.29, 0.717) is 12.4 Å². The van der Waals surface area contributed by atoms with Crippen LogP contribution in [0.3, 0.4) is 0 Å². The van der Waals surface area contributed by atoms with Gasteiger partial charge in [-0.15, -0.1) is 0 Å². The van der Waals surface area contributed by atoms with E-state index in [4.69, 9.17) is 10.5 Å². The minimum atomic E-state index is 0.389. The van der Waals surface area contributed by atoms with Crippen molar-refractivity contribution < 1.29 is 4.74 Å². The first kappa shape index (κ1) is 14.4. The summed E-state index contributed by atoms with van der Waals surface area (Å²) in [5.41, 5.74) is 9.84. The highest BCUT2D eigenvalue weighted by Crippen LogP contribution is 2.30. The number of hydrogen-bond acceptors (Lipinski definition) is 3. The first-order chi connectivity index (χ1) is 10.7. The molecule has 2 N–H and O–H groups in total. The van der Waals surface area contributed by atoms with Gasteiger partial charge in [-0.1, -0.05) is 35.9 Å². The molecule has 2 aromatic carbocycles. The smallest absolute Gasteiger partial charge is 0.227 e. The zero-order valence-electron chi connectivity index (χ0n) is 12.8. The molecule has 22 heavy (non-hydrogen) atoms. The van der Waals surface area contributed by atoms with Crippen LogP contribution in [0.15, 0.2) is 54.6 Å². The summed E-state index contributed by atoms with van der Waals surface area (Å²) in [6.07, 6.45) is 0. The molecule has 3 aromatic rings. The van der Waals surface area contributed by atoms with Crippen LogP contribution in [0.2, 0.25) is 0 Å². The molecule has 0 saturated heterocycles. The number of aromatic nitrogens is 2. The quantitative estimate of drug-likeness (QED) is 0.797. The highest BCUT2D eigenvalue weighted by molar-refractivity contribution is 5.43. The summed E-state index contributed by atoms with van der Waals surface area (Å²) in [5.74, 6) is 1.45. The molecule has 0 atom stereocenters. The van der Waals surface area contributed by atoms with Crippen molar-refractivity contribution in [1.82, 2.24) is 9.78 Å². The Morgan fingerprint density at radius 1 is 1.00 bits per heavy atom. The van der Waals surface area contributed by atoms with Crippen molar-refractivity contribution in [2.75, 3.05) is 0 Å². The molecule has 0 spiro atoms. The Hall–Kier alpha value is -2.59. The van der Waals surface area contributed by atoms with Crippen molar-refractivity contribution in [2.45, 2.75) is 20.4 Å². The summed E-state index contributed by atoms with van der Waals surface area (Å²) in [7, 11) is 0. The molecular formula is C18H19N3O. The van der Waals surface area contributed by atoms with Gasteiger partial charge in [-0.05, 0) is 38.1 Å². The normalized spacial score (nSPS) is 10.7. The van der Waals surface area contributed by atoms with Gasteiger partial charge in [0.2, 0.25) is 5.88 Å². The second-order valence-electron chi connectivity index (χ2n) is 5.24. The Labute approximate surface area is 130 Å². The van der Waals surface area contributed by atoms with Gasteiger partial charge in [0.05, 0.1) is 16.9 Å². The molecular weight excluding hydrogens is 274 g/mol. The number of hydrogen-bond donors (Lipinski definition) is 1. The lowest BCUT2D eigenvalue weighted by Crippen LogP contribution is -2.02. The van der Waals surface area contributed by atoms with Gasteiger partial charge < -0.3 is 10.5 Å². The SMILES string of the molecule is Cc1ccc(Oc2c(CN)c(C)nn2-c2ccccc2)cc1. The maximum absolute atomic E-state index is 6.08. The third-order valence-electron chi connectivity index (χ3n) is 3.58. The molecule has 1 aromatic heterocycles. The monoisotopic (exact) mass is 293 g/mol. The summed E-state index contributed by atoms with van der Waals surface area (Å²) in [6.45, 7) is 4.39. The van der Waals surface area contributed by atoms with Crippen molar-refractivity contribution >= 4 is 0 Å². The van der Waals surface area contributed by atoms with E-state index < -0.39 is 0 Å². The number of nitrogens with two attached hydrogens (primary N) is 1. The second-order valence-corrected chi connectivity index (χ2v) is 5.24. The summed E-state index contributed by atoms with van der Waals surface area (Å²) >= 11 is 0. The fourth-order valence-electron chi connectivity index (χ4n) is 2.34. The first-order valence-electron chi connectivity index (χ1n) is 7.27. The number of ether oxygens (including phenoxy) is 1. The Morgan fingerprint density at radius 2 is 1.68 bits per heavy atom. The standard InChI is InChI=1S/C18H19N3O/c1-13-8-10-16(11-9-13)22-18-17(12-19)14(2)20-21(18)15-6-4-3-5-7-15/h3-11H,12,19H2,1-2H3. The first-order valence-corrected chi connectivity index (χ1v) is 7.27. The number of nitrogens with zero attached hydrogens (tertiary/aromatic N) is 2. The van der Waals surface area contributed by atoms with Crippen molar-refractivity contribution in [3.63, 3.8) is 0 Å². The highest BCUT2D eigenvalue weighted by Gasteiger charge is 2.17. The molecule has 0 fully saturated rings. The molecule has 0 amide bonds. The van der Waals surface area contributed by atoms with E-state index in [1.165, 1.54) is 5.56 Å². The fraction of sp³-hybridized carbons (Fsp3) is 0.167. The molecule has 0 aliphatic rings. The lowest BCUT2D eigenvalue weighted by Gasteiger charge is -2.11. The lowest BCUT2D eigenvalue weighted by molar-refractivity contribution is 0.439. The molecule has 112 valence electrons. The summed E-state index contributed by atoms with van der Waals surface area (Å²) < 4.78 is 7.89. The minimum Gasteiger partial charge on any atom is -0.439 e. The molecule has 0 saturated carbocycles. The van der Waals surface area contributed by atoms with Gasteiger partial charge in [0.1, 0.15) is 5.75 Å². The number of aryl methyl sites for hydroxylation is 2. The van der Waals surface area contributed by atoms with Crippen LogP contribution in [0.5, 0.6) is 11.6 Å². The van der Waals surface area contributed by atoms with Crippen LogP contribution in [0.25, 0.3) is 5.69 Å². The van der Waals surface area contributed by atoms with Crippen molar-refractivity contribution in [3.8, 4) is 17.3 Å². The molecule has 0 radical (unpaired) electrons. The second kappa shape index (κ2) is 6.03. The third kappa shape index (κ3) is 2.73. The van der Waals surface area contributed by atoms with Gasteiger partial charge in [-0.3, -0.25) is 0 Å².